The molecular formula is C18H17ClN2O3. The van der Waals surface area contributed by atoms with Crippen LogP contribution in [0.2, 0.25) is 5.02 Å². The first kappa shape index (κ1) is 16.3. The minimum absolute atomic E-state index is 0.156. The summed E-state index contributed by atoms with van der Waals surface area (Å²) in [6.07, 6.45) is 2.19. The molecule has 24 heavy (non-hydrogen) atoms. The zero-order chi connectivity index (χ0) is 16.9. The van der Waals surface area contributed by atoms with Crippen molar-refractivity contribution in [2.75, 3.05) is 6.79 Å². The summed E-state index contributed by atoms with van der Waals surface area (Å²) < 4.78 is 10.6. The van der Waals surface area contributed by atoms with E-state index in [0.717, 1.165) is 5.56 Å². The second kappa shape index (κ2) is 7.36. The van der Waals surface area contributed by atoms with Crippen LogP contribution in [0.1, 0.15) is 30.4 Å². The number of hydrazone groups is 1. The van der Waals surface area contributed by atoms with Gasteiger partial charge in [-0.15, -0.1) is 0 Å². The van der Waals surface area contributed by atoms with Gasteiger partial charge in [-0.2, -0.15) is 5.10 Å². The number of amides is 1. The van der Waals surface area contributed by atoms with Gasteiger partial charge < -0.3 is 9.47 Å². The Balaban J connectivity index is 1.69. The molecule has 0 radical (unpaired) electrons. The second-order valence-corrected chi connectivity index (χ2v) is 5.74. The summed E-state index contributed by atoms with van der Waals surface area (Å²) in [6, 6.07) is 13.0. The zero-order valence-corrected chi connectivity index (χ0v) is 13.9. The van der Waals surface area contributed by atoms with Gasteiger partial charge in [0.1, 0.15) is 0 Å². The Morgan fingerprint density at radius 2 is 2.00 bits per heavy atom. The number of benzene rings is 2. The molecule has 6 heteroatoms. The fourth-order valence-electron chi connectivity index (χ4n) is 2.53. The van der Waals surface area contributed by atoms with Crippen LogP contribution in [0.3, 0.4) is 0 Å². The van der Waals surface area contributed by atoms with Crippen LogP contribution < -0.4 is 14.9 Å². The highest BCUT2D eigenvalue weighted by Crippen LogP contribution is 2.36. The summed E-state index contributed by atoms with van der Waals surface area (Å²) in [5, 5.41) is 4.50. The summed E-state index contributed by atoms with van der Waals surface area (Å²) in [4.78, 5) is 12.3. The molecule has 0 fully saturated rings. The maximum absolute atomic E-state index is 12.3. The van der Waals surface area contributed by atoms with Crippen molar-refractivity contribution in [1.29, 1.82) is 0 Å². The lowest BCUT2D eigenvalue weighted by Gasteiger charge is -2.13. The number of carbonyl (C=O) groups is 1. The number of rotatable bonds is 5. The number of carbonyl (C=O) groups excluding carboxylic acids is 1. The Morgan fingerprint density at radius 3 is 2.71 bits per heavy atom. The molecule has 2 aromatic carbocycles. The zero-order valence-electron chi connectivity index (χ0n) is 13.2. The maximum atomic E-state index is 12.3. The van der Waals surface area contributed by atoms with Gasteiger partial charge in [-0.25, -0.2) is 5.43 Å². The Labute approximate surface area is 145 Å². The molecule has 0 aliphatic carbocycles. The predicted molar refractivity (Wildman–Crippen MR) is 92.8 cm³/mol. The number of nitrogens with one attached hydrogen (secondary N) is 1. The molecule has 1 atom stereocenters. The maximum Gasteiger partial charge on any atom is 0.247 e. The van der Waals surface area contributed by atoms with Crippen molar-refractivity contribution in [1.82, 2.24) is 5.43 Å². The average molecular weight is 345 g/mol. The standard InChI is InChI=1S/C18H17ClN2O3/c1-2-14(12-6-4-3-5-7-12)18(22)21-20-10-13-8-16-17(9-15(13)19)24-11-23-16/h3-10,14H,2,11H2,1H3,(H,21,22)/b20-10+. The van der Waals surface area contributed by atoms with Gasteiger partial charge in [0.05, 0.1) is 17.2 Å². The first-order valence-corrected chi connectivity index (χ1v) is 8.04. The molecule has 0 bridgehead atoms. The van der Waals surface area contributed by atoms with Crippen molar-refractivity contribution in [3.63, 3.8) is 0 Å². The predicted octanol–water partition coefficient (Wildman–Crippen LogP) is 3.71. The van der Waals surface area contributed by atoms with E-state index in [1.54, 1.807) is 12.1 Å². The summed E-state index contributed by atoms with van der Waals surface area (Å²) >= 11 is 6.17. The van der Waals surface area contributed by atoms with Crippen molar-refractivity contribution < 1.29 is 14.3 Å². The van der Waals surface area contributed by atoms with Gasteiger partial charge in [0.15, 0.2) is 11.5 Å². The van der Waals surface area contributed by atoms with Crippen LogP contribution in [0, 0.1) is 0 Å². The lowest BCUT2D eigenvalue weighted by Crippen LogP contribution is -2.25. The van der Waals surface area contributed by atoms with E-state index in [0.29, 0.717) is 28.5 Å². The molecule has 1 aliphatic rings. The third-order valence-electron chi connectivity index (χ3n) is 3.80. The molecule has 1 aliphatic heterocycles. The van der Waals surface area contributed by atoms with Crippen molar-refractivity contribution in [2.45, 2.75) is 19.3 Å². The van der Waals surface area contributed by atoms with E-state index in [-0.39, 0.29) is 18.6 Å². The molecule has 1 unspecified atom stereocenters. The van der Waals surface area contributed by atoms with Gasteiger partial charge >= 0.3 is 0 Å². The SMILES string of the molecule is CCC(C(=O)N/N=C/c1cc2c(cc1Cl)OCO2)c1ccccc1. The Hall–Kier alpha value is -2.53. The van der Waals surface area contributed by atoms with Gasteiger partial charge in [-0.05, 0) is 18.1 Å². The molecule has 1 N–H and O–H groups in total. The minimum Gasteiger partial charge on any atom is -0.454 e. The molecule has 0 saturated heterocycles. The van der Waals surface area contributed by atoms with Crippen molar-refractivity contribution in [3.05, 3.63) is 58.6 Å². The fourth-order valence-corrected chi connectivity index (χ4v) is 2.74. The number of fused-ring (bicyclic) bond motifs is 1. The van der Waals surface area contributed by atoms with E-state index in [1.807, 2.05) is 37.3 Å². The van der Waals surface area contributed by atoms with Gasteiger partial charge in [0.25, 0.3) is 0 Å². The molecule has 124 valence electrons. The Bertz CT molecular complexity index is 762. The Kier molecular flexibility index (Phi) is 5.01. The molecule has 1 heterocycles. The third kappa shape index (κ3) is 3.51. The van der Waals surface area contributed by atoms with Crippen LogP contribution in [-0.4, -0.2) is 18.9 Å². The lowest BCUT2D eigenvalue weighted by atomic mass is 9.96. The first-order chi connectivity index (χ1) is 11.7. The highest BCUT2D eigenvalue weighted by molar-refractivity contribution is 6.33. The van der Waals surface area contributed by atoms with Crippen LogP contribution in [0.15, 0.2) is 47.6 Å². The van der Waals surface area contributed by atoms with Gasteiger partial charge in [0.2, 0.25) is 12.7 Å². The number of halogens is 1. The second-order valence-electron chi connectivity index (χ2n) is 5.33. The monoisotopic (exact) mass is 344 g/mol. The highest BCUT2D eigenvalue weighted by atomic mass is 35.5. The van der Waals surface area contributed by atoms with E-state index < -0.39 is 0 Å². The molecule has 0 spiro atoms. The average Bonchev–Trinajstić information content (AvgIpc) is 3.04. The van der Waals surface area contributed by atoms with Crippen LogP contribution in [0.5, 0.6) is 11.5 Å². The molecule has 5 nitrogen and oxygen atoms in total. The van der Waals surface area contributed by atoms with E-state index in [9.17, 15) is 4.79 Å². The first-order valence-electron chi connectivity index (χ1n) is 7.66. The van der Waals surface area contributed by atoms with E-state index in [4.69, 9.17) is 21.1 Å². The third-order valence-corrected chi connectivity index (χ3v) is 4.12. The van der Waals surface area contributed by atoms with E-state index in [1.165, 1.54) is 6.21 Å². The summed E-state index contributed by atoms with van der Waals surface area (Å²) in [5.74, 6) is 0.826. The van der Waals surface area contributed by atoms with Gasteiger partial charge in [-0.1, -0.05) is 48.9 Å². The van der Waals surface area contributed by atoms with Gasteiger partial charge in [-0.3, -0.25) is 4.79 Å². The van der Waals surface area contributed by atoms with Crippen LogP contribution in [0.25, 0.3) is 0 Å². The van der Waals surface area contributed by atoms with Crippen molar-refractivity contribution in [2.24, 2.45) is 5.10 Å². The van der Waals surface area contributed by atoms with Crippen molar-refractivity contribution >= 4 is 23.7 Å². The number of hydrogen-bond donors (Lipinski definition) is 1. The molecule has 0 aromatic heterocycles. The summed E-state index contributed by atoms with van der Waals surface area (Å²) in [6.45, 7) is 2.15. The molecular weight excluding hydrogens is 328 g/mol. The molecule has 0 saturated carbocycles. The molecule has 2 aromatic rings. The van der Waals surface area contributed by atoms with Gasteiger partial charge in [0, 0.05) is 11.6 Å². The van der Waals surface area contributed by atoms with Crippen LogP contribution in [-0.2, 0) is 4.79 Å². The smallest absolute Gasteiger partial charge is 0.247 e. The number of hydrogen-bond acceptors (Lipinski definition) is 4. The van der Waals surface area contributed by atoms with E-state index in [2.05, 4.69) is 10.5 Å². The summed E-state index contributed by atoms with van der Waals surface area (Å²) in [7, 11) is 0. The fraction of sp³-hybridized carbons (Fsp3) is 0.222. The topological polar surface area (TPSA) is 59.9 Å². The quantitative estimate of drug-likeness (QED) is 0.664. The minimum atomic E-state index is -0.240. The number of ether oxygens (including phenoxy) is 2. The van der Waals surface area contributed by atoms with Crippen LogP contribution in [0.4, 0.5) is 0 Å². The Morgan fingerprint density at radius 1 is 1.29 bits per heavy atom. The summed E-state index contributed by atoms with van der Waals surface area (Å²) in [5.41, 5.74) is 4.19. The largest absolute Gasteiger partial charge is 0.454 e. The number of nitrogens with zero attached hydrogens (tertiary/aromatic N) is 1. The highest BCUT2D eigenvalue weighted by Gasteiger charge is 2.18. The van der Waals surface area contributed by atoms with E-state index >= 15 is 0 Å². The molecule has 1 amide bonds. The lowest BCUT2D eigenvalue weighted by molar-refractivity contribution is -0.122. The van der Waals surface area contributed by atoms with Crippen molar-refractivity contribution in [3.8, 4) is 11.5 Å². The van der Waals surface area contributed by atoms with Crippen LogP contribution >= 0.6 is 11.6 Å². The normalized spacial score (nSPS) is 13.9. The molecule has 3 rings (SSSR count).